The number of halogens is 4. The molecule has 17 heavy (non-hydrogen) atoms. The maximum absolute atomic E-state index is 13.5. The lowest BCUT2D eigenvalue weighted by atomic mass is 10.2. The van der Waals surface area contributed by atoms with E-state index in [1.54, 1.807) is 0 Å². The molecule has 0 amide bonds. The third-order valence-electron chi connectivity index (χ3n) is 2.21. The molecule has 0 spiro atoms. The fourth-order valence-corrected chi connectivity index (χ4v) is 1.32. The van der Waals surface area contributed by atoms with E-state index in [1.165, 1.54) is 19.1 Å². The molecule has 96 valence electrons. The first-order chi connectivity index (χ1) is 7.73. The van der Waals surface area contributed by atoms with Crippen LogP contribution in [0.25, 0.3) is 0 Å². The van der Waals surface area contributed by atoms with E-state index in [9.17, 15) is 17.6 Å². The minimum Gasteiger partial charge on any atom is -0.476 e. The molecule has 0 bridgehead atoms. The molecule has 0 heterocycles. The van der Waals surface area contributed by atoms with Crippen LogP contribution in [0.2, 0.25) is 0 Å². The second-order valence-corrected chi connectivity index (χ2v) is 3.83. The topological polar surface area (TPSA) is 35.2 Å². The number of nitrogens with two attached hydrogens (primary N) is 1. The van der Waals surface area contributed by atoms with Gasteiger partial charge in [0.25, 0.3) is 0 Å². The van der Waals surface area contributed by atoms with E-state index >= 15 is 0 Å². The molecule has 0 saturated carbocycles. The van der Waals surface area contributed by atoms with Crippen molar-refractivity contribution >= 4 is 0 Å². The average molecular weight is 251 g/mol. The van der Waals surface area contributed by atoms with Crippen LogP contribution in [0.1, 0.15) is 12.5 Å². The first-order valence-electron chi connectivity index (χ1n) is 4.97. The molecule has 2 atom stereocenters. The Labute approximate surface area is 96.4 Å². The summed E-state index contributed by atoms with van der Waals surface area (Å²) >= 11 is 0. The van der Waals surface area contributed by atoms with Crippen molar-refractivity contribution in [3.05, 3.63) is 29.6 Å². The molecule has 1 rings (SSSR count). The van der Waals surface area contributed by atoms with Gasteiger partial charge in [-0.05, 0) is 25.5 Å². The highest BCUT2D eigenvalue weighted by Gasteiger charge is 2.44. The van der Waals surface area contributed by atoms with Crippen molar-refractivity contribution in [2.24, 2.45) is 5.73 Å². The second kappa shape index (κ2) is 4.91. The van der Waals surface area contributed by atoms with Crippen molar-refractivity contribution in [1.82, 2.24) is 0 Å². The summed E-state index contributed by atoms with van der Waals surface area (Å²) in [7, 11) is 0. The van der Waals surface area contributed by atoms with E-state index in [0.29, 0.717) is 0 Å². The van der Waals surface area contributed by atoms with Gasteiger partial charge in [0.2, 0.25) is 6.10 Å². The Hall–Kier alpha value is -1.30. The van der Waals surface area contributed by atoms with Crippen LogP contribution in [0, 0.1) is 12.7 Å². The Morgan fingerprint density at radius 1 is 1.29 bits per heavy atom. The quantitative estimate of drug-likeness (QED) is 0.838. The SMILES string of the molecule is Cc1cccc(OC(C(C)N)C(F)(F)F)c1F. The molecule has 0 aromatic heterocycles. The van der Waals surface area contributed by atoms with Gasteiger partial charge in [-0.25, -0.2) is 4.39 Å². The lowest BCUT2D eigenvalue weighted by Crippen LogP contribution is -2.47. The number of ether oxygens (including phenoxy) is 1. The van der Waals surface area contributed by atoms with Crippen molar-refractivity contribution < 1.29 is 22.3 Å². The van der Waals surface area contributed by atoms with Gasteiger partial charge in [-0.15, -0.1) is 0 Å². The van der Waals surface area contributed by atoms with E-state index in [0.717, 1.165) is 13.0 Å². The lowest BCUT2D eigenvalue weighted by Gasteiger charge is -2.25. The number of hydrogen-bond acceptors (Lipinski definition) is 2. The van der Waals surface area contributed by atoms with Gasteiger partial charge in [-0.3, -0.25) is 0 Å². The Morgan fingerprint density at radius 3 is 2.35 bits per heavy atom. The van der Waals surface area contributed by atoms with Crippen LogP contribution in [0.5, 0.6) is 5.75 Å². The maximum atomic E-state index is 13.5. The first kappa shape index (κ1) is 13.8. The lowest BCUT2D eigenvalue weighted by molar-refractivity contribution is -0.199. The van der Waals surface area contributed by atoms with Crippen molar-refractivity contribution in [3.8, 4) is 5.75 Å². The third kappa shape index (κ3) is 3.33. The molecule has 0 radical (unpaired) electrons. The monoisotopic (exact) mass is 251 g/mol. The summed E-state index contributed by atoms with van der Waals surface area (Å²) in [6, 6.07) is 2.72. The minimum atomic E-state index is -4.63. The maximum Gasteiger partial charge on any atom is 0.426 e. The van der Waals surface area contributed by atoms with Gasteiger partial charge in [0.15, 0.2) is 11.6 Å². The molecule has 1 aromatic rings. The van der Waals surface area contributed by atoms with Crippen molar-refractivity contribution in [3.63, 3.8) is 0 Å². The van der Waals surface area contributed by atoms with Gasteiger partial charge < -0.3 is 10.5 Å². The van der Waals surface area contributed by atoms with Crippen LogP contribution >= 0.6 is 0 Å². The van der Waals surface area contributed by atoms with Gasteiger partial charge in [0.05, 0.1) is 0 Å². The van der Waals surface area contributed by atoms with E-state index in [1.807, 2.05) is 0 Å². The molecule has 0 fully saturated rings. The van der Waals surface area contributed by atoms with Crippen LogP contribution in [0.15, 0.2) is 18.2 Å². The highest BCUT2D eigenvalue weighted by molar-refractivity contribution is 5.30. The number of rotatable bonds is 3. The van der Waals surface area contributed by atoms with Crippen LogP contribution in [0.4, 0.5) is 17.6 Å². The summed E-state index contributed by atoms with van der Waals surface area (Å²) in [5.74, 6) is -1.24. The fraction of sp³-hybridized carbons (Fsp3) is 0.455. The van der Waals surface area contributed by atoms with Crippen LogP contribution in [-0.4, -0.2) is 18.3 Å². The molecule has 2 N–H and O–H groups in total. The van der Waals surface area contributed by atoms with Crippen molar-refractivity contribution in [2.45, 2.75) is 32.2 Å². The standard InChI is InChI=1S/C11H13F4NO/c1-6-4-3-5-8(9(6)12)17-10(7(2)16)11(13,14)15/h3-5,7,10H,16H2,1-2H3. The Kier molecular flexibility index (Phi) is 3.98. The predicted molar refractivity (Wildman–Crippen MR) is 55.3 cm³/mol. The normalized spacial score (nSPS) is 15.5. The zero-order valence-corrected chi connectivity index (χ0v) is 9.38. The van der Waals surface area contributed by atoms with Gasteiger partial charge in [-0.1, -0.05) is 12.1 Å². The summed E-state index contributed by atoms with van der Waals surface area (Å²) in [6.07, 6.45) is -6.86. The van der Waals surface area contributed by atoms with E-state index in [2.05, 4.69) is 4.74 Å². The van der Waals surface area contributed by atoms with E-state index < -0.39 is 29.9 Å². The zero-order chi connectivity index (χ0) is 13.2. The van der Waals surface area contributed by atoms with Gasteiger partial charge in [-0.2, -0.15) is 13.2 Å². The van der Waals surface area contributed by atoms with Crippen LogP contribution < -0.4 is 10.5 Å². The molecule has 2 unspecified atom stereocenters. The van der Waals surface area contributed by atoms with E-state index in [-0.39, 0.29) is 5.56 Å². The van der Waals surface area contributed by atoms with Gasteiger partial charge >= 0.3 is 6.18 Å². The highest BCUT2D eigenvalue weighted by atomic mass is 19.4. The average Bonchev–Trinajstić information content (AvgIpc) is 2.17. The minimum absolute atomic E-state index is 0.216. The molecule has 1 aromatic carbocycles. The molecular formula is C11H13F4NO. The third-order valence-corrected chi connectivity index (χ3v) is 2.21. The molecule has 0 aliphatic carbocycles. The van der Waals surface area contributed by atoms with E-state index in [4.69, 9.17) is 5.73 Å². The summed E-state index contributed by atoms with van der Waals surface area (Å²) in [5, 5.41) is 0. The molecule has 0 aliphatic heterocycles. The Bertz CT molecular complexity index is 390. The van der Waals surface area contributed by atoms with Gasteiger partial charge in [0, 0.05) is 6.04 Å². The predicted octanol–water partition coefficient (Wildman–Crippen LogP) is 2.79. The van der Waals surface area contributed by atoms with Gasteiger partial charge in [0.1, 0.15) is 0 Å². The zero-order valence-electron chi connectivity index (χ0n) is 9.38. The Balaban J connectivity index is 2.99. The molecule has 6 heteroatoms. The Morgan fingerprint density at radius 2 is 1.88 bits per heavy atom. The van der Waals surface area contributed by atoms with Crippen molar-refractivity contribution in [2.75, 3.05) is 0 Å². The fourth-order valence-electron chi connectivity index (χ4n) is 1.32. The number of aryl methyl sites for hydroxylation is 1. The summed E-state index contributed by atoms with van der Waals surface area (Å²) in [5.41, 5.74) is 5.41. The summed E-state index contributed by atoms with van der Waals surface area (Å²) in [4.78, 5) is 0. The molecule has 0 saturated heterocycles. The largest absolute Gasteiger partial charge is 0.476 e. The second-order valence-electron chi connectivity index (χ2n) is 3.83. The first-order valence-corrected chi connectivity index (χ1v) is 4.97. The smallest absolute Gasteiger partial charge is 0.426 e. The van der Waals surface area contributed by atoms with Crippen LogP contribution in [-0.2, 0) is 0 Å². The number of alkyl halides is 3. The molecule has 0 aliphatic rings. The number of hydrogen-bond donors (Lipinski definition) is 1. The van der Waals surface area contributed by atoms with Crippen LogP contribution in [0.3, 0.4) is 0 Å². The molecule has 2 nitrogen and oxygen atoms in total. The summed E-state index contributed by atoms with van der Waals surface area (Å²) < 4.78 is 55.8. The molecular weight excluding hydrogens is 238 g/mol. The van der Waals surface area contributed by atoms with Crippen molar-refractivity contribution in [1.29, 1.82) is 0 Å². The highest BCUT2D eigenvalue weighted by Crippen LogP contribution is 2.29. The number of benzene rings is 1. The summed E-state index contributed by atoms with van der Waals surface area (Å²) in [6.45, 7) is 2.60.